The maximum absolute atomic E-state index is 12.3. The first-order chi connectivity index (χ1) is 12.5. The van der Waals surface area contributed by atoms with E-state index in [1.54, 1.807) is 61.5 Å². The van der Waals surface area contributed by atoms with Crippen molar-refractivity contribution in [3.8, 4) is 0 Å². The fourth-order valence-electron chi connectivity index (χ4n) is 2.50. The van der Waals surface area contributed by atoms with Gasteiger partial charge < -0.3 is 9.47 Å². The highest BCUT2D eigenvalue weighted by molar-refractivity contribution is 5.90. The van der Waals surface area contributed by atoms with E-state index in [2.05, 4.69) is 6.58 Å². The second kappa shape index (κ2) is 9.56. The van der Waals surface area contributed by atoms with Crippen LogP contribution in [-0.2, 0) is 9.47 Å². The van der Waals surface area contributed by atoms with Crippen LogP contribution in [0, 0.1) is 5.92 Å². The molecular formula is C22H24O4. The minimum atomic E-state index is -0.432. The topological polar surface area (TPSA) is 52.6 Å². The van der Waals surface area contributed by atoms with E-state index in [1.807, 2.05) is 19.1 Å². The van der Waals surface area contributed by atoms with Gasteiger partial charge in [-0.05, 0) is 31.2 Å². The van der Waals surface area contributed by atoms with Crippen molar-refractivity contribution in [2.45, 2.75) is 32.5 Å². The van der Waals surface area contributed by atoms with E-state index in [-0.39, 0.29) is 5.92 Å². The van der Waals surface area contributed by atoms with Crippen molar-refractivity contribution < 1.29 is 19.1 Å². The molecule has 3 atom stereocenters. The number of carbonyl (C=O) groups is 2. The molecule has 0 bridgehead atoms. The summed E-state index contributed by atoms with van der Waals surface area (Å²) < 4.78 is 11.1. The van der Waals surface area contributed by atoms with Gasteiger partial charge in [-0.1, -0.05) is 49.4 Å². The Kier molecular flexibility index (Phi) is 7.15. The van der Waals surface area contributed by atoms with Gasteiger partial charge in [0, 0.05) is 12.3 Å². The van der Waals surface area contributed by atoms with E-state index in [9.17, 15) is 9.59 Å². The lowest BCUT2D eigenvalue weighted by Gasteiger charge is -2.25. The van der Waals surface area contributed by atoms with E-state index in [1.165, 1.54) is 0 Å². The van der Waals surface area contributed by atoms with Crippen LogP contribution >= 0.6 is 0 Å². The second-order valence-corrected chi connectivity index (χ2v) is 6.22. The maximum atomic E-state index is 12.3. The minimum Gasteiger partial charge on any atom is -0.459 e. The molecule has 0 fully saturated rings. The molecule has 0 amide bonds. The van der Waals surface area contributed by atoms with Crippen molar-refractivity contribution in [2.75, 3.05) is 0 Å². The van der Waals surface area contributed by atoms with E-state index < -0.39 is 24.1 Å². The van der Waals surface area contributed by atoms with E-state index >= 15 is 0 Å². The summed E-state index contributed by atoms with van der Waals surface area (Å²) in [4.78, 5) is 24.5. The van der Waals surface area contributed by atoms with Crippen LogP contribution in [0.4, 0.5) is 0 Å². The van der Waals surface area contributed by atoms with Gasteiger partial charge in [0.25, 0.3) is 0 Å². The number of esters is 2. The molecule has 0 aliphatic rings. The number of benzene rings is 2. The summed E-state index contributed by atoms with van der Waals surface area (Å²) in [6.45, 7) is 7.49. The van der Waals surface area contributed by atoms with E-state index in [0.717, 1.165) is 0 Å². The van der Waals surface area contributed by atoms with Crippen LogP contribution in [0.1, 0.15) is 41.0 Å². The zero-order valence-electron chi connectivity index (χ0n) is 15.1. The Morgan fingerprint density at radius 1 is 0.885 bits per heavy atom. The molecule has 0 spiro atoms. The summed E-state index contributed by atoms with van der Waals surface area (Å²) in [5.74, 6) is -0.857. The molecule has 0 aliphatic heterocycles. The summed E-state index contributed by atoms with van der Waals surface area (Å²) in [7, 11) is 0. The molecule has 0 saturated carbocycles. The fraction of sp³-hybridized carbons (Fsp3) is 0.273. The molecule has 0 aromatic heterocycles. The smallest absolute Gasteiger partial charge is 0.338 e. The minimum absolute atomic E-state index is 0.0689. The number of hydrogen-bond donors (Lipinski definition) is 0. The van der Waals surface area contributed by atoms with Gasteiger partial charge >= 0.3 is 11.9 Å². The Morgan fingerprint density at radius 2 is 1.35 bits per heavy atom. The quantitative estimate of drug-likeness (QED) is 0.512. The molecule has 136 valence electrons. The van der Waals surface area contributed by atoms with Crippen LogP contribution in [0.15, 0.2) is 73.3 Å². The lowest BCUT2D eigenvalue weighted by atomic mass is 9.99. The number of hydrogen-bond acceptors (Lipinski definition) is 4. The highest BCUT2D eigenvalue weighted by Gasteiger charge is 2.24. The largest absolute Gasteiger partial charge is 0.459 e. The van der Waals surface area contributed by atoms with Crippen LogP contribution < -0.4 is 0 Å². The average Bonchev–Trinajstić information content (AvgIpc) is 2.68. The Hall–Kier alpha value is -2.88. The van der Waals surface area contributed by atoms with Crippen LogP contribution in [0.3, 0.4) is 0 Å². The third-order valence-electron chi connectivity index (χ3n) is 4.11. The summed E-state index contributed by atoms with van der Waals surface area (Å²) in [5, 5.41) is 0. The standard InChI is InChI=1S/C22H24O4/c1-4-16(2)20(26-22(24)19-13-9-6-10-14-19)15-17(3)25-21(23)18-11-7-5-8-12-18/h4-14,16-17,20H,1,15H2,2-3H3. The fourth-order valence-corrected chi connectivity index (χ4v) is 2.50. The second-order valence-electron chi connectivity index (χ2n) is 6.22. The van der Waals surface area contributed by atoms with Crippen molar-refractivity contribution >= 4 is 11.9 Å². The third kappa shape index (κ3) is 5.59. The van der Waals surface area contributed by atoms with Crippen LogP contribution in [-0.4, -0.2) is 24.1 Å². The monoisotopic (exact) mass is 352 g/mol. The molecule has 0 heterocycles. The summed E-state index contributed by atoms with van der Waals surface area (Å²) in [6.07, 6.45) is 1.29. The Morgan fingerprint density at radius 3 is 1.81 bits per heavy atom. The molecule has 0 aliphatic carbocycles. The van der Waals surface area contributed by atoms with Crippen molar-refractivity contribution in [1.29, 1.82) is 0 Å². The molecule has 0 radical (unpaired) electrons. The maximum Gasteiger partial charge on any atom is 0.338 e. The molecule has 0 saturated heterocycles. The molecule has 2 aromatic carbocycles. The van der Waals surface area contributed by atoms with Gasteiger partial charge in [-0.2, -0.15) is 0 Å². The third-order valence-corrected chi connectivity index (χ3v) is 4.11. The SMILES string of the molecule is C=CC(C)C(CC(C)OC(=O)c1ccccc1)OC(=O)c1ccccc1. The van der Waals surface area contributed by atoms with E-state index in [4.69, 9.17) is 9.47 Å². The molecule has 2 aromatic rings. The number of ether oxygens (including phenoxy) is 2. The lowest BCUT2D eigenvalue weighted by molar-refractivity contribution is -0.00479. The zero-order valence-corrected chi connectivity index (χ0v) is 15.1. The molecule has 0 N–H and O–H groups in total. The molecular weight excluding hydrogens is 328 g/mol. The van der Waals surface area contributed by atoms with Gasteiger partial charge in [0.2, 0.25) is 0 Å². The molecule has 3 unspecified atom stereocenters. The van der Waals surface area contributed by atoms with Crippen LogP contribution in [0.2, 0.25) is 0 Å². The van der Waals surface area contributed by atoms with Gasteiger partial charge in [0.05, 0.1) is 11.1 Å². The van der Waals surface area contributed by atoms with Gasteiger partial charge in [0.15, 0.2) is 0 Å². The first-order valence-electron chi connectivity index (χ1n) is 8.66. The van der Waals surface area contributed by atoms with Crippen molar-refractivity contribution in [2.24, 2.45) is 5.92 Å². The summed E-state index contributed by atoms with van der Waals surface area (Å²) >= 11 is 0. The first-order valence-corrected chi connectivity index (χ1v) is 8.66. The highest BCUT2D eigenvalue weighted by Crippen LogP contribution is 2.19. The van der Waals surface area contributed by atoms with Gasteiger partial charge in [0.1, 0.15) is 12.2 Å². The predicted molar refractivity (Wildman–Crippen MR) is 101 cm³/mol. The van der Waals surface area contributed by atoms with Gasteiger partial charge in [-0.15, -0.1) is 6.58 Å². The van der Waals surface area contributed by atoms with Crippen molar-refractivity contribution in [3.05, 3.63) is 84.4 Å². The molecule has 26 heavy (non-hydrogen) atoms. The summed E-state index contributed by atoms with van der Waals surface area (Å²) in [5.41, 5.74) is 0.983. The predicted octanol–water partition coefficient (Wildman–Crippen LogP) is 4.67. The number of carbonyl (C=O) groups excluding carboxylic acids is 2. The normalized spacial score (nSPS) is 13.9. The average molecular weight is 352 g/mol. The van der Waals surface area contributed by atoms with Crippen LogP contribution in [0.5, 0.6) is 0 Å². The van der Waals surface area contributed by atoms with E-state index in [0.29, 0.717) is 17.5 Å². The first kappa shape index (κ1) is 19.4. The highest BCUT2D eigenvalue weighted by atomic mass is 16.6. The molecule has 4 nitrogen and oxygen atoms in total. The Bertz CT molecular complexity index is 724. The Balaban J connectivity index is 1.99. The van der Waals surface area contributed by atoms with Crippen molar-refractivity contribution in [3.63, 3.8) is 0 Å². The van der Waals surface area contributed by atoms with Crippen molar-refractivity contribution in [1.82, 2.24) is 0 Å². The molecule has 2 rings (SSSR count). The van der Waals surface area contributed by atoms with Gasteiger partial charge in [-0.3, -0.25) is 0 Å². The Labute approximate surface area is 154 Å². The number of rotatable bonds is 8. The zero-order chi connectivity index (χ0) is 18.9. The van der Waals surface area contributed by atoms with Crippen LogP contribution in [0.25, 0.3) is 0 Å². The molecule has 4 heteroatoms. The summed E-state index contributed by atoms with van der Waals surface area (Å²) in [6, 6.07) is 17.6. The van der Waals surface area contributed by atoms with Gasteiger partial charge in [-0.25, -0.2) is 9.59 Å². The lowest BCUT2D eigenvalue weighted by Crippen LogP contribution is -2.30.